The van der Waals surface area contributed by atoms with Crippen LogP contribution in [0.5, 0.6) is 23.0 Å². The molecule has 0 amide bonds. The minimum absolute atomic E-state index is 0.0272. The van der Waals surface area contributed by atoms with Gasteiger partial charge in [0.15, 0.2) is 41.2 Å². The molecule has 23 heavy (non-hydrogen) atoms. The molecule has 0 aliphatic carbocycles. The quantitative estimate of drug-likeness (QED) is 0.465. The van der Waals surface area contributed by atoms with Crippen LogP contribution < -0.4 is 10.5 Å². The summed E-state index contributed by atoms with van der Waals surface area (Å²) >= 11 is 0. The standard InChI is InChI=1S/C16H15NO6/c17-7-14(21)10-2-4-12(19)16(6-10)23-8-15(22)9-1-3-11(18)13(20)5-9/h1-6,18-20H,7-8,17H2. The molecule has 0 heterocycles. The van der Waals surface area contributed by atoms with Gasteiger partial charge < -0.3 is 25.8 Å². The number of aromatic hydroxyl groups is 3. The summed E-state index contributed by atoms with van der Waals surface area (Å²) in [5, 5.41) is 28.3. The third kappa shape index (κ3) is 3.78. The highest BCUT2D eigenvalue weighted by Crippen LogP contribution is 2.28. The van der Waals surface area contributed by atoms with E-state index in [1.807, 2.05) is 0 Å². The highest BCUT2D eigenvalue weighted by Gasteiger charge is 2.13. The lowest BCUT2D eigenvalue weighted by molar-refractivity contribution is 0.0919. The number of rotatable bonds is 6. The van der Waals surface area contributed by atoms with Crippen molar-refractivity contribution in [1.82, 2.24) is 0 Å². The van der Waals surface area contributed by atoms with Crippen LogP contribution >= 0.6 is 0 Å². The second-order valence-corrected chi connectivity index (χ2v) is 4.73. The Morgan fingerprint density at radius 1 is 0.870 bits per heavy atom. The highest BCUT2D eigenvalue weighted by molar-refractivity contribution is 5.99. The summed E-state index contributed by atoms with van der Waals surface area (Å²) in [7, 11) is 0. The third-order valence-electron chi connectivity index (χ3n) is 3.12. The number of phenolic OH excluding ortho intramolecular Hbond substituents is 3. The van der Waals surface area contributed by atoms with Gasteiger partial charge in [-0.3, -0.25) is 9.59 Å². The Morgan fingerprint density at radius 2 is 1.48 bits per heavy atom. The van der Waals surface area contributed by atoms with Crippen molar-refractivity contribution in [3.8, 4) is 23.0 Å². The molecule has 7 nitrogen and oxygen atoms in total. The monoisotopic (exact) mass is 317 g/mol. The molecule has 2 rings (SSSR count). The van der Waals surface area contributed by atoms with Gasteiger partial charge in [-0.2, -0.15) is 0 Å². The molecule has 2 aromatic carbocycles. The van der Waals surface area contributed by atoms with E-state index in [0.29, 0.717) is 0 Å². The molecule has 0 bridgehead atoms. The fraction of sp³-hybridized carbons (Fsp3) is 0.125. The number of benzene rings is 2. The first kappa shape index (κ1) is 16.3. The van der Waals surface area contributed by atoms with Gasteiger partial charge >= 0.3 is 0 Å². The minimum atomic E-state index is -0.477. The molecular formula is C16H15NO6. The Kier molecular flexibility index (Phi) is 4.82. The summed E-state index contributed by atoms with van der Waals surface area (Å²) in [6.45, 7) is -0.603. The van der Waals surface area contributed by atoms with Crippen LogP contribution in [-0.2, 0) is 0 Å². The number of ether oxygens (including phenoxy) is 1. The number of carbonyl (C=O) groups excluding carboxylic acids is 2. The first-order valence-corrected chi connectivity index (χ1v) is 6.66. The number of phenols is 3. The van der Waals surface area contributed by atoms with Crippen LogP contribution in [0.3, 0.4) is 0 Å². The summed E-state index contributed by atoms with van der Waals surface area (Å²) in [5.74, 6) is -1.82. The summed E-state index contributed by atoms with van der Waals surface area (Å²) in [4.78, 5) is 23.5. The molecule has 0 unspecified atom stereocenters. The lowest BCUT2D eigenvalue weighted by Gasteiger charge is -2.09. The topological polar surface area (TPSA) is 130 Å². The van der Waals surface area contributed by atoms with Gasteiger partial charge in [-0.1, -0.05) is 0 Å². The zero-order valence-electron chi connectivity index (χ0n) is 12.0. The molecule has 120 valence electrons. The number of hydrogen-bond acceptors (Lipinski definition) is 7. The number of Topliss-reactive ketones (excluding diaryl/α,β-unsaturated/α-hetero) is 2. The molecule has 0 aliphatic heterocycles. The van der Waals surface area contributed by atoms with E-state index in [1.165, 1.54) is 30.3 Å². The van der Waals surface area contributed by atoms with E-state index in [-0.39, 0.29) is 40.7 Å². The second-order valence-electron chi connectivity index (χ2n) is 4.73. The second kappa shape index (κ2) is 6.80. The molecule has 5 N–H and O–H groups in total. The highest BCUT2D eigenvalue weighted by atomic mass is 16.5. The van der Waals surface area contributed by atoms with Gasteiger partial charge in [0.2, 0.25) is 0 Å². The zero-order chi connectivity index (χ0) is 17.0. The fourth-order valence-electron chi connectivity index (χ4n) is 1.84. The van der Waals surface area contributed by atoms with Crippen LogP contribution in [0, 0.1) is 0 Å². The molecule has 0 aliphatic rings. The number of nitrogens with two attached hydrogens (primary N) is 1. The number of ketones is 2. The van der Waals surface area contributed by atoms with Crippen molar-refractivity contribution in [1.29, 1.82) is 0 Å². The first-order valence-electron chi connectivity index (χ1n) is 6.66. The van der Waals surface area contributed by atoms with Crippen molar-refractivity contribution < 1.29 is 29.6 Å². The smallest absolute Gasteiger partial charge is 0.200 e. The van der Waals surface area contributed by atoms with Crippen molar-refractivity contribution in [2.75, 3.05) is 13.2 Å². The molecule has 0 spiro atoms. The Hall–Kier alpha value is -3.06. The Labute approximate surface area is 131 Å². The predicted octanol–water partition coefficient (Wildman–Crippen LogP) is 1.21. The summed E-state index contributed by atoms with van der Waals surface area (Å²) in [6, 6.07) is 7.59. The van der Waals surface area contributed by atoms with Gasteiger partial charge in [0.05, 0.1) is 6.54 Å². The van der Waals surface area contributed by atoms with Crippen LogP contribution in [0.1, 0.15) is 20.7 Å². The van der Waals surface area contributed by atoms with Gasteiger partial charge in [-0.05, 0) is 36.4 Å². The molecule has 0 saturated carbocycles. The first-order chi connectivity index (χ1) is 10.9. The van der Waals surface area contributed by atoms with E-state index in [4.69, 9.17) is 10.5 Å². The number of hydrogen-bond donors (Lipinski definition) is 4. The van der Waals surface area contributed by atoms with Crippen LogP contribution in [-0.4, -0.2) is 40.0 Å². The molecule has 0 saturated heterocycles. The molecule has 0 radical (unpaired) electrons. The van der Waals surface area contributed by atoms with E-state index in [0.717, 1.165) is 6.07 Å². The zero-order valence-corrected chi connectivity index (χ0v) is 12.0. The average Bonchev–Trinajstić information content (AvgIpc) is 2.55. The molecule has 0 atom stereocenters. The third-order valence-corrected chi connectivity index (χ3v) is 3.12. The average molecular weight is 317 g/mol. The van der Waals surface area contributed by atoms with Crippen LogP contribution in [0.4, 0.5) is 0 Å². The summed E-state index contributed by atoms with van der Waals surface area (Å²) in [5.41, 5.74) is 5.66. The Morgan fingerprint density at radius 3 is 2.09 bits per heavy atom. The molecule has 0 fully saturated rings. The van der Waals surface area contributed by atoms with E-state index in [2.05, 4.69) is 0 Å². The van der Waals surface area contributed by atoms with Crippen molar-refractivity contribution in [2.24, 2.45) is 5.73 Å². The normalized spacial score (nSPS) is 10.3. The van der Waals surface area contributed by atoms with Crippen molar-refractivity contribution >= 4 is 11.6 Å². The Bertz CT molecular complexity index is 756. The van der Waals surface area contributed by atoms with E-state index >= 15 is 0 Å². The molecule has 0 aromatic heterocycles. The van der Waals surface area contributed by atoms with Gasteiger partial charge in [0.25, 0.3) is 0 Å². The fourth-order valence-corrected chi connectivity index (χ4v) is 1.84. The van der Waals surface area contributed by atoms with Crippen LogP contribution in [0.2, 0.25) is 0 Å². The Balaban J connectivity index is 2.12. The molecule has 2 aromatic rings. The van der Waals surface area contributed by atoms with Crippen molar-refractivity contribution in [3.05, 3.63) is 47.5 Å². The van der Waals surface area contributed by atoms with Gasteiger partial charge in [-0.15, -0.1) is 0 Å². The molecular weight excluding hydrogens is 302 g/mol. The maximum absolute atomic E-state index is 12.0. The lowest BCUT2D eigenvalue weighted by atomic mass is 10.1. The van der Waals surface area contributed by atoms with E-state index < -0.39 is 18.1 Å². The summed E-state index contributed by atoms with van der Waals surface area (Å²) in [6.07, 6.45) is 0. The lowest BCUT2D eigenvalue weighted by Crippen LogP contribution is -2.14. The van der Waals surface area contributed by atoms with Gasteiger partial charge in [0, 0.05) is 11.1 Å². The SMILES string of the molecule is NCC(=O)c1ccc(O)c(OCC(=O)c2ccc(O)c(O)c2)c1. The maximum atomic E-state index is 12.0. The molecule has 7 heteroatoms. The van der Waals surface area contributed by atoms with E-state index in [1.54, 1.807) is 0 Å². The van der Waals surface area contributed by atoms with Crippen molar-refractivity contribution in [3.63, 3.8) is 0 Å². The van der Waals surface area contributed by atoms with E-state index in [9.17, 15) is 24.9 Å². The maximum Gasteiger partial charge on any atom is 0.200 e. The van der Waals surface area contributed by atoms with Crippen molar-refractivity contribution in [2.45, 2.75) is 0 Å². The van der Waals surface area contributed by atoms with Gasteiger partial charge in [0.1, 0.15) is 0 Å². The number of carbonyl (C=O) groups is 2. The van der Waals surface area contributed by atoms with Crippen LogP contribution in [0.15, 0.2) is 36.4 Å². The largest absolute Gasteiger partial charge is 0.504 e. The van der Waals surface area contributed by atoms with Crippen LogP contribution in [0.25, 0.3) is 0 Å². The summed E-state index contributed by atoms with van der Waals surface area (Å²) < 4.78 is 5.22. The van der Waals surface area contributed by atoms with Gasteiger partial charge in [-0.25, -0.2) is 0 Å². The predicted molar refractivity (Wildman–Crippen MR) is 81.1 cm³/mol. The minimum Gasteiger partial charge on any atom is -0.504 e.